The average molecular weight is 281 g/mol. The summed E-state index contributed by atoms with van der Waals surface area (Å²) in [5.41, 5.74) is -0.290. The number of hydrogen-bond donors (Lipinski definition) is 1. The molecule has 0 aromatic heterocycles. The molecule has 0 bridgehead atoms. The second kappa shape index (κ2) is 7.22. The van der Waals surface area contributed by atoms with Crippen LogP contribution in [0.4, 0.5) is 5.69 Å². The highest BCUT2D eigenvalue weighted by atomic mass is 16.6. The van der Waals surface area contributed by atoms with Crippen LogP contribution in [0.5, 0.6) is 5.75 Å². The molecule has 0 aliphatic carbocycles. The van der Waals surface area contributed by atoms with E-state index in [1.165, 1.54) is 12.1 Å². The van der Waals surface area contributed by atoms with E-state index in [0.29, 0.717) is 19.1 Å². The van der Waals surface area contributed by atoms with Crippen LogP contribution >= 0.6 is 0 Å². The first-order valence-corrected chi connectivity index (χ1v) is 6.12. The second-order valence-electron chi connectivity index (χ2n) is 4.18. The molecule has 1 rings (SSSR count). The normalized spacial score (nSPS) is 11.7. The predicted octanol–water partition coefficient (Wildman–Crippen LogP) is 2.43. The predicted molar refractivity (Wildman–Crippen MR) is 70.1 cm³/mol. The fourth-order valence-electron chi connectivity index (χ4n) is 1.62. The van der Waals surface area contributed by atoms with Crippen molar-refractivity contribution >= 4 is 17.9 Å². The Labute approximate surface area is 115 Å². The van der Waals surface area contributed by atoms with E-state index in [1.807, 2.05) is 6.92 Å². The van der Waals surface area contributed by atoms with Crippen molar-refractivity contribution in [3.63, 3.8) is 0 Å². The number of carbonyl (C=O) groups is 2. The van der Waals surface area contributed by atoms with E-state index in [1.54, 1.807) is 0 Å². The standard InChI is InChI=1S/C13H15NO6/c1-2-3-4-12(13(16)17)20-11-6-5-10(14(18)19)7-9(11)8-15/h5-8,12H,2-4H2,1H3,(H,16,17)/t12-/m0/s1. The Morgan fingerprint density at radius 3 is 2.75 bits per heavy atom. The van der Waals surface area contributed by atoms with Crippen molar-refractivity contribution < 1.29 is 24.4 Å². The molecule has 1 aromatic rings. The molecule has 0 radical (unpaired) electrons. The number of benzene rings is 1. The van der Waals surface area contributed by atoms with E-state index in [-0.39, 0.29) is 17.0 Å². The van der Waals surface area contributed by atoms with Gasteiger partial charge in [0.15, 0.2) is 12.4 Å². The minimum atomic E-state index is -1.13. The van der Waals surface area contributed by atoms with Gasteiger partial charge in [-0.2, -0.15) is 0 Å². The number of carboxylic acids is 1. The topological polar surface area (TPSA) is 107 Å². The van der Waals surface area contributed by atoms with Crippen LogP contribution in [0.2, 0.25) is 0 Å². The number of aliphatic carboxylic acids is 1. The van der Waals surface area contributed by atoms with Crippen LogP contribution in [-0.4, -0.2) is 28.4 Å². The van der Waals surface area contributed by atoms with E-state index in [0.717, 1.165) is 12.5 Å². The van der Waals surface area contributed by atoms with Crippen LogP contribution in [0, 0.1) is 10.1 Å². The maximum atomic E-state index is 11.1. The number of carbonyl (C=O) groups excluding carboxylic acids is 1. The van der Waals surface area contributed by atoms with Crippen LogP contribution in [0.3, 0.4) is 0 Å². The molecule has 20 heavy (non-hydrogen) atoms. The second-order valence-corrected chi connectivity index (χ2v) is 4.18. The van der Waals surface area contributed by atoms with Crippen LogP contribution in [0.25, 0.3) is 0 Å². The Bertz CT molecular complexity index is 514. The molecule has 7 nitrogen and oxygen atoms in total. The molecule has 0 unspecified atom stereocenters. The largest absolute Gasteiger partial charge is 0.479 e. The number of carboxylic acid groups (broad SMARTS) is 1. The molecule has 0 fully saturated rings. The molecule has 0 saturated heterocycles. The van der Waals surface area contributed by atoms with E-state index >= 15 is 0 Å². The molecule has 1 atom stereocenters. The lowest BCUT2D eigenvalue weighted by molar-refractivity contribution is -0.384. The van der Waals surface area contributed by atoms with Gasteiger partial charge < -0.3 is 9.84 Å². The van der Waals surface area contributed by atoms with Gasteiger partial charge in [0.25, 0.3) is 5.69 Å². The molecule has 0 saturated carbocycles. The third-order valence-corrected chi connectivity index (χ3v) is 2.70. The fourth-order valence-corrected chi connectivity index (χ4v) is 1.62. The van der Waals surface area contributed by atoms with Gasteiger partial charge in [0, 0.05) is 12.1 Å². The van der Waals surface area contributed by atoms with Crippen LogP contribution in [-0.2, 0) is 4.79 Å². The molecule has 108 valence electrons. The molecule has 0 aliphatic rings. The Morgan fingerprint density at radius 1 is 1.55 bits per heavy atom. The molecule has 1 N–H and O–H groups in total. The van der Waals surface area contributed by atoms with Gasteiger partial charge in [-0.05, 0) is 18.9 Å². The van der Waals surface area contributed by atoms with E-state index in [2.05, 4.69) is 0 Å². The Morgan fingerprint density at radius 2 is 2.25 bits per heavy atom. The lowest BCUT2D eigenvalue weighted by atomic mass is 10.1. The SMILES string of the molecule is CCCC[C@H](Oc1ccc([N+](=O)[O-])cc1C=O)C(=O)O. The minimum absolute atomic E-state index is 0.0362. The van der Waals surface area contributed by atoms with Gasteiger partial charge in [0.05, 0.1) is 10.5 Å². The maximum Gasteiger partial charge on any atom is 0.344 e. The van der Waals surface area contributed by atoms with Crippen molar-refractivity contribution in [2.24, 2.45) is 0 Å². The Kier molecular flexibility index (Phi) is 5.64. The number of ether oxygens (including phenoxy) is 1. The quantitative estimate of drug-likeness (QED) is 0.445. The molecule has 0 spiro atoms. The first-order valence-electron chi connectivity index (χ1n) is 6.12. The zero-order valence-corrected chi connectivity index (χ0v) is 10.9. The highest BCUT2D eigenvalue weighted by molar-refractivity contribution is 5.81. The maximum absolute atomic E-state index is 11.1. The number of unbranched alkanes of at least 4 members (excludes halogenated alkanes) is 1. The number of aldehydes is 1. The van der Waals surface area contributed by atoms with E-state index in [9.17, 15) is 19.7 Å². The molecule has 0 aliphatic heterocycles. The first kappa shape index (κ1) is 15.6. The third kappa shape index (κ3) is 4.04. The van der Waals surface area contributed by atoms with Gasteiger partial charge in [0.2, 0.25) is 0 Å². The molecule has 0 amide bonds. The van der Waals surface area contributed by atoms with Gasteiger partial charge in [0.1, 0.15) is 5.75 Å². The highest BCUT2D eigenvalue weighted by Gasteiger charge is 2.21. The molecular weight excluding hydrogens is 266 g/mol. The smallest absolute Gasteiger partial charge is 0.344 e. The van der Waals surface area contributed by atoms with Crippen molar-refractivity contribution in [1.82, 2.24) is 0 Å². The van der Waals surface area contributed by atoms with E-state index in [4.69, 9.17) is 9.84 Å². The lowest BCUT2D eigenvalue weighted by Gasteiger charge is -2.15. The van der Waals surface area contributed by atoms with Crippen molar-refractivity contribution in [3.8, 4) is 5.75 Å². The summed E-state index contributed by atoms with van der Waals surface area (Å²) in [5, 5.41) is 19.7. The van der Waals surface area contributed by atoms with Crippen molar-refractivity contribution in [2.75, 3.05) is 0 Å². The van der Waals surface area contributed by atoms with Crippen molar-refractivity contribution in [1.29, 1.82) is 0 Å². The van der Waals surface area contributed by atoms with Gasteiger partial charge in [-0.15, -0.1) is 0 Å². The Balaban J connectivity index is 2.97. The molecule has 1 aromatic carbocycles. The Hall–Kier alpha value is -2.44. The first-order chi connectivity index (χ1) is 9.49. The lowest BCUT2D eigenvalue weighted by Crippen LogP contribution is -2.27. The summed E-state index contributed by atoms with van der Waals surface area (Å²) in [4.78, 5) is 32.0. The third-order valence-electron chi connectivity index (χ3n) is 2.70. The number of non-ortho nitro benzene ring substituents is 1. The van der Waals surface area contributed by atoms with Gasteiger partial charge in [-0.1, -0.05) is 13.3 Å². The highest BCUT2D eigenvalue weighted by Crippen LogP contribution is 2.24. The molecule has 0 heterocycles. The zero-order valence-electron chi connectivity index (χ0n) is 10.9. The number of hydrogen-bond acceptors (Lipinski definition) is 5. The average Bonchev–Trinajstić information content (AvgIpc) is 2.42. The number of nitrogens with zero attached hydrogens (tertiary/aromatic N) is 1. The van der Waals surface area contributed by atoms with Crippen molar-refractivity contribution in [3.05, 3.63) is 33.9 Å². The minimum Gasteiger partial charge on any atom is -0.479 e. The van der Waals surface area contributed by atoms with Crippen molar-refractivity contribution in [2.45, 2.75) is 32.3 Å². The van der Waals surface area contributed by atoms with Crippen LogP contribution < -0.4 is 4.74 Å². The summed E-state index contributed by atoms with van der Waals surface area (Å²) in [7, 11) is 0. The fraction of sp³-hybridized carbons (Fsp3) is 0.385. The summed E-state index contributed by atoms with van der Waals surface area (Å²) in [6.07, 6.45) is 1.12. The van der Waals surface area contributed by atoms with Crippen LogP contribution in [0.15, 0.2) is 18.2 Å². The monoisotopic (exact) mass is 281 g/mol. The number of rotatable bonds is 8. The van der Waals surface area contributed by atoms with Gasteiger partial charge in [-0.3, -0.25) is 14.9 Å². The summed E-state index contributed by atoms with van der Waals surface area (Å²) >= 11 is 0. The molecule has 7 heteroatoms. The molecular formula is C13H15NO6. The van der Waals surface area contributed by atoms with Crippen LogP contribution in [0.1, 0.15) is 36.5 Å². The van der Waals surface area contributed by atoms with Gasteiger partial charge in [-0.25, -0.2) is 4.79 Å². The van der Waals surface area contributed by atoms with Gasteiger partial charge >= 0.3 is 5.97 Å². The summed E-state index contributed by atoms with van der Waals surface area (Å²) in [6, 6.07) is 3.46. The summed E-state index contributed by atoms with van der Waals surface area (Å²) < 4.78 is 5.28. The zero-order chi connectivity index (χ0) is 15.1. The number of nitro benzene ring substituents is 1. The summed E-state index contributed by atoms with van der Waals surface area (Å²) in [6.45, 7) is 1.92. The van der Waals surface area contributed by atoms with E-state index < -0.39 is 17.0 Å². The number of nitro groups is 1. The summed E-state index contributed by atoms with van der Waals surface area (Å²) in [5.74, 6) is -1.09.